The quantitative estimate of drug-likeness (QED) is 0.623. The second-order valence-corrected chi connectivity index (χ2v) is 2.82. The fourth-order valence-electron chi connectivity index (χ4n) is 0.857. The molecule has 7 heteroatoms. The highest BCUT2D eigenvalue weighted by Crippen LogP contribution is 2.13. The zero-order valence-electron chi connectivity index (χ0n) is 7.77. The molecule has 0 radical (unpaired) electrons. The molecule has 0 atom stereocenters. The molecule has 3 nitrogen and oxygen atoms in total. The van der Waals surface area contributed by atoms with Crippen molar-refractivity contribution in [2.45, 2.75) is 19.0 Å². The number of halogens is 4. The largest absolute Gasteiger partial charge is 0.490 e. The van der Waals surface area contributed by atoms with E-state index >= 15 is 0 Å². The van der Waals surface area contributed by atoms with Gasteiger partial charge in [-0.15, -0.1) is 0 Å². The molecule has 1 heterocycles. The average Bonchev–Trinajstić information content (AvgIpc) is 2.18. The van der Waals surface area contributed by atoms with Gasteiger partial charge in [-0.05, 0) is 31.5 Å². The SMILES string of the molecule is FC=C1CCNCC1.O=C(O)C(F)(F)F. The van der Waals surface area contributed by atoms with E-state index in [4.69, 9.17) is 9.90 Å². The molecule has 0 aromatic rings. The van der Waals surface area contributed by atoms with E-state index in [0.29, 0.717) is 0 Å². The van der Waals surface area contributed by atoms with E-state index in [9.17, 15) is 17.6 Å². The molecular weight excluding hydrogens is 218 g/mol. The van der Waals surface area contributed by atoms with Gasteiger partial charge in [0.2, 0.25) is 0 Å². The lowest BCUT2D eigenvalue weighted by molar-refractivity contribution is -0.192. The first kappa shape index (κ1) is 13.9. The number of carboxylic acids is 1. The van der Waals surface area contributed by atoms with E-state index in [2.05, 4.69) is 5.32 Å². The van der Waals surface area contributed by atoms with Crippen molar-refractivity contribution < 1.29 is 27.5 Å². The van der Waals surface area contributed by atoms with Gasteiger partial charge in [-0.1, -0.05) is 0 Å². The van der Waals surface area contributed by atoms with Crippen LogP contribution in [-0.2, 0) is 4.79 Å². The summed E-state index contributed by atoms with van der Waals surface area (Å²) in [7, 11) is 0. The van der Waals surface area contributed by atoms with E-state index in [0.717, 1.165) is 37.8 Å². The number of piperidine rings is 1. The minimum absolute atomic E-state index is 0.737. The number of rotatable bonds is 0. The monoisotopic (exact) mass is 229 g/mol. The van der Waals surface area contributed by atoms with Crippen molar-refractivity contribution in [1.29, 1.82) is 0 Å². The summed E-state index contributed by atoms with van der Waals surface area (Å²) in [5.74, 6) is -2.76. The molecule has 1 fully saturated rings. The van der Waals surface area contributed by atoms with Gasteiger partial charge in [0.05, 0.1) is 6.33 Å². The molecular formula is C8H11F4NO2. The fourth-order valence-corrected chi connectivity index (χ4v) is 0.857. The number of alkyl halides is 3. The van der Waals surface area contributed by atoms with Crippen LogP contribution in [0, 0.1) is 0 Å². The molecule has 15 heavy (non-hydrogen) atoms. The van der Waals surface area contributed by atoms with Crippen molar-refractivity contribution in [2.24, 2.45) is 0 Å². The van der Waals surface area contributed by atoms with Crippen molar-refractivity contribution in [3.8, 4) is 0 Å². The molecule has 1 rings (SSSR count). The minimum atomic E-state index is -5.08. The van der Waals surface area contributed by atoms with Gasteiger partial charge in [-0.3, -0.25) is 0 Å². The Balaban J connectivity index is 0.000000265. The molecule has 0 aromatic carbocycles. The predicted molar refractivity (Wildman–Crippen MR) is 45.0 cm³/mol. The molecule has 1 saturated heterocycles. The van der Waals surface area contributed by atoms with Crippen LogP contribution in [0.2, 0.25) is 0 Å². The van der Waals surface area contributed by atoms with Crippen LogP contribution >= 0.6 is 0 Å². The Bertz CT molecular complexity index is 229. The van der Waals surface area contributed by atoms with Crippen LogP contribution in [0.1, 0.15) is 12.8 Å². The molecule has 1 aliphatic rings. The predicted octanol–water partition coefficient (Wildman–Crippen LogP) is 1.86. The van der Waals surface area contributed by atoms with E-state index in [1.54, 1.807) is 0 Å². The molecule has 0 unspecified atom stereocenters. The van der Waals surface area contributed by atoms with Gasteiger partial charge in [0.15, 0.2) is 0 Å². The normalized spacial score (nSPS) is 16.4. The molecule has 1 aliphatic heterocycles. The summed E-state index contributed by atoms with van der Waals surface area (Å²) in [4.78, 5) is 8.90. The van der Waals surface area contributed by atoms with Crippen LogP contribution in [-0.4, -0.2) is 30.3 Å². The zero-order chi connectivity index (χ0) is 11.9. The van der Waals surface area contributed by atoms with Gasteiger partial charge in [0.25, 0.3) is 0 Å². The van der Waals surface area contributed by atoms with Gasteiger partial charge in [0, 0.05) is 0 Å². The number of hydrogen-bond acceptors (Lipinski definition) is 2. The Morgan fingerprint density at radius 1 is 1.33 bits per heavy atom. The summed E-state index contributed by atoms with van der Waals surface area (Å²) in [6.45, 7) is 1.88. The highest BCUT2D eigenvalue weighted by Gasteiger charge is 2.38. The van der Waals surface area contributed by atoms with Crippen LogP contribution in [0.15, 0.2) is 11.9 Å². The Morgan fingerprint density at radius 2 is 1.73 bits per heavy atom. The summed E-state index contributed by atoms with van der Waals surface area (Å²) in [6.07, 6.45) is -2.58. The number of aliphatic carboxylic acids is 1. The maximum absolute atomic E-state index is 11.7. The van der Waals surface area contributed by atoms with Gasteiger partial charge in [-0.25, -0.2) is 9.18 Å². The van der Waals surface area contributed by atoms with E-state index in [1.807, 2.05) is 0 Å². The van der Waals surface area contributed by atoms with Crippen LogP contribution < -0.4 is 5.32 Å². The molecule has 0 amide bonds. The number of carboxylic acid groups (broad SMARTS) is 1. The highest BCUT2D eigenvalue weighted by molar-refractivity contribution is 5.73. The molecule has 0 bridgehead atoms. The Hall–Kier alpha value is -1.11. The summed E-state index contributed by atoms with van der Waals surface area (Å²) in [5, 5.41) is 10.3. The van der Waals surface area contributed by atoms with Gasteiger partial charge < -0.3 is 10.4 Å². The molecule has 2 N–H and O–H groups in total. The first-order valence-corrected chi connectivity index (χ1v) is 4.17. The van der Waals surface area contributed by atoms with Crippen LogP contribution in [0.4, 0.5) is 17.6 Å². The number of hydrogen-bond donors (Lipinski definition) is 2. The van der Waals surface area contributed by atoms with Crippen molar-refractivity contribution in [2.75, 3.05) is 13.1 Å². The standard InChI is InChI=1S/C6H10FN.C2HF3O2/c7-5-6-1-3-8-4-2-6;3-2(4,5)1(6)7/h5,8H,1-4H2;(H,6,7). The summed E-state index contributed by atoms with van der Waals surface area (Å²) >= 11 is 0. The first-order chi connectivity index (χ1) is 6.88. The second kappa shape index (κ2) is 6.39. The van der Waals surface area contributed by atoms with E-state index in [1.165, 1.54) is 0 Å². The third kappa shape index (κ3) is 6.89. The number of carbonyl (C=O) groups is 1. The van der Waals surface area contributed by atoms with Gasteiger partial charge >= 0.3 is 12.1 Å². The topological polar surface area (TPSA) is 49.3 Å². The van der Waals surface area contributed by atoms with Crippen molar-refractivity contribution in [3.05, 3.63) is 11.9 Å². The summed E-state index contributed by atoms with van der Waals surface area (Å²) in [6, 6.07) is 0. The Morgan fingerprint density at radius 3 is 1.93 bits per heavy atom. The molecule has 0 saturated carbocycles. The average molecular weight is 229 g/mol. The van der Waals surface area contributed by atoms with Crippen LogP contribution in [0.3, 0.4) is 0 Å². The van der Waals surface area contributed by atoms with Crippen LogP contribution in [0.25, 0.3) is 0 Å². The molecule has 0 aliphatic carbocycles. The third-order valence-electron chi connectivity index (χ3n) is 1.64. The van der Waals surface area contributed by atoms with E-state index in [-0.39, 0.29) is 0 Å². The van der Waals surface area contributed by atoms with Crippen LogP contribution in [0.5, 0.6) is 0 Å². The lowest BCUT2D eigenvalue weighted by Gasteiger charge is -2.12. The maximum atomic E-state index is 11.7. The molecule has 88 valence electrons. The summed E-state index contributed by atoms with van der Waals surface area (Å²) < 4.78 is 43.4. The van der Waals surface area contributed by atoms with Gasteiger partial charge in [-0.2, -0.15) is 13.2 Å². The highest BCUT2D eigenvalue weighted by atomic mass is 19.4. The van der Waals surface area contributed by atoms with Crippen molar-refractivity contribution >= 4 is 5.97 Å². The smallest absolute Gasteiger partial charge is 0.475 e. The molecule has 0 spiro atoms. The second-order valence-electron chi connectivity index (χ2n) is 2.82. The fraction of sp³-hybridized carbons (Fsp3) is 0.625. The number of nitrogens with one attached hydrogen (secondary N) is 1. The van der Waals surface area contributed by atoms with E-state index < -0.39 is 12.1 Å². The zero-order valence-corrected chi connectivity index (χ0v) is 7.77. The first-order valence-electron chi connectivity index (χ1n) is 4.17. The lowest BCUT2D eigenvalue weighted by Crippen LogP contribution is -2.22. The van der Waals surface area contributed by atoms with Gasteiger partial charge in [0.1, 0.15) is 0 Å². The third-order valence-corrected chi connectivity index (χ3v) is 1.64. The lowest BCUT2D eigenvalue weighted by atomic mass is 10.1. The minimum Gasteiger partial charge on any atom is -0.475 e. The molecule has 0 aromatic heterocycles. The Kier molecular flexibility index (Phi) is 5.92. The Labute approximate surface area is 83.8 Å². The maximum Gasteiger partial charge on any atom is 0.490 e. The van der Waals surface area contributed by atoms with Crippen molar-refractivity contribution in [1.82, 2.24) is 5.32 Å². The summed E-state index contributed by atoms with van der Waals surface area (Å²) in [5.41, 5.74) is 0.948. The van der Waals surface area contributed by atoms with Crippen molar-refractivity contribution in [3.63, 3.8) is 0 Å².